The monoisotopic (exact) mass is 316 g/mol. The molecule has 0 heterocycles. The Hall–Kier alpha value is -2.14. The molecule has 0 amide bonds. The van der Waals surface area contributed by atoms with E-state index in [0.29, 0.717) is 6.42 Å². The van der Waals surface area contributed by atoms with Crippen LogP contribution in [-0.4, -0.2) is 33.4 Å². The van der Waals surface area contributed by atoms with Gasteiger partial charge in [0.1, 0.15) is 0 Å². The van der Waals surface area contributed by atoms with Gasteiger partial charge < -0.3 is 15.3 Å². The van der Waals surface area contributed by atoms with Gasteiger partial charge in [-0.2, -0.15) is 0 Å². The molecule has 3 N–H and O–H groups in total. The summed E-state index contributed by atoms with van der Waals surface area (Å²) in [7, 11) is 0. The molecule has 2 aliphatic rings. The molecule has 2 aliphatic carbocycles. The Morgan fingerprint density at radius 3 is 2.39 bits per heavy atom. The van der Waals surface area contributed by atoms with E-state index in [-0.39, 0.29) is 19.3 Å². The van der Waals surface area contributed by atoms with Crippen LogP contribution in [0, 0.1) is 16.7 Å². The zero-order valence-corrected chi connectivity index (χ0v) is 12.7. The third-order valence-electron chi connectivity index (χ3n) is 5.65. The van der Waals surface area contributed by atoms with Crippen LogP contribution >= 0.6 is 0 Å². The predicted molar refractivity (Wildman–Crippen MR) is 82.8 cm³/mol. The van der Waals surface area contributed by atoms with Crippen molar-refractivity contribution in [2.75, 3.05) is 0 Å². The van der Waals surface area contributed by atoms with E-state index in [1.54, 1.807) is 18.2 Å². The van der Waals surface area contributed by atoms with E-state index in [1.165, 1.54) is 0 Å². The van der Waals surface area contributed by atoms with Crippen LogP contribution in [0.5, 0.6) is 0 Å². The Balaban J connectivity index is 2.16. The lowest BCUT2D eigenvalue weighted by atomic mass is 9.56. The molecule has 0 bridgehead atoms. The molecular weight excluding hydrogens is 296 g/mol. The van der Waals surface area contributed by atoms with Gasteiger partial charge in [0.25, 0.3) is 0 Å². The molecule has 1 fully saturated rings. The average Bonchev–Trinajstić information content (AvgIpc) is 2.80. The number of aliphatic hydroxyl groups is 1. The fraction of sp³-hybridized carbons (Fsp3) is 0.444. The van der Waals surface area contributed by atoms with Crippen LogP contribution in [0.2, 0.25) is 0 Å². The smallest absolute Gasteiger partial charge is 0.311 e. The van der Waals surface area contributed by atoms with Crippen LogP contribution in [0.15, 0.2) is 42.5 Å². The van der Waals surface area contributed by atoms with E-state index >= 15 is 0 Å². The van der Waals surface area contributed by atoms with Gasteiger partial charge in [0.05, 0.1) is 16.9 Å². The number of fused-ring (bicyclic) bond motifs is 1. The largest absolute Gasteiger partial charge is 0.481 e. The number of rotatable bonds is 4. The predicted octanol–water partition coefficient (Wildman–Crippen LogP) is 2.10. The minimum absolute atomic E-state index is 0.0319. The van der Waals surface area contributed by atoms with Gasteiger partial charge in [-0.1, -0.05) is 42.5 Å². The summed E-state index contributed by atoms with van der Waals surface area (Å²) in [5, 5.41) is 30.4. The second-order valence-electron chi connectivity index (χ2n) is 6.62. The van der Waals surface area contributed by atoms with Crippen molar-refractivity contribution < 1.29 is 24.9 Å². The van der Waals surface area contributed by atoms with Crippen molar-refractivity contribution in [2.24, 2.45) is 16.7 Å². The molecule has 5 heteroatoms. The van der Waals surface area contributed by atoms with Gasteiger partial charge >= 0.3 is 11.9 Å². The standard InChI is InChI=1S/C18H20O5/c19-14-11-17(15(20)21,10-12-6-2-1-3-7-12)18(16(22)23)9-5-4-8-13(14)18/h1-7,13-14,19H,8-11H2,(H,20,21)(H,22,23)/t13?,14-,17-,18+/m0/s1. The fourth-order valence-electron chi connectivity index (χ4n) is 4.56. The minimum atomic E-state index is -1.50. The molecule has 3 rings (SSSR count). The molecule has 0 radical (unpaired) electrons. The maximum absolute atomic E-state index is 12.2. The summed E-state index contributed by atoms with van der Waals surface area (Å²) in [6.45, 7) is 0. The lowest BCUT2D eigenvalue weighted by Gasteiger charge is -2.43. The first kappa shape index (κ1) is 15.7. The molecule has 1 aromatic rings. The van der Waals surface area contributed by atoms with Crippen molar-refractivity contribution >= 4 is 11.9 Å². The zero-order chi connectivity index (χ0) is 16.7. The molecular formula is C18H20O5. The number of hydrogen-bond acceptors (Lipinski definition) is 3. The van der Waals surface area contributed by atoms with Crippen molar-refractivity contribution in [3.8, 4) is 0 Å². The van der Waals surface area contributed by atoms with Gasteiger partial charge in [-0.15, -0.1) is 0 Å². The normalized spacial score (nSPS) is 35.7. The number of carboxylic acid groups (broad SMARTS) is 2. The number of carbonyl (C=O) groups is 2. The number of hydrogen-bond donors (Lipinski definition) is 3. The van der Waals surface area contributed by atoms with Crippen LogP contribution in [0.4, 0.5) is 0 Å². The van der Waals surface area contributed by atoms with Crippen LogP contribution in [0.1, 0.15) is 24.8 Å². The molecule has 0 aromatic heterocycles. The molecule has 0 aliphatic heterocycles. The average molecular weight is 316 g/mol. The van der Waals surface area contributed by atoms with Crippen molar-refractivity contribution in [3.63, 3.8) is 0 Å². The Kier molecular flexibility index (Phi) is 3.76. The summed E-state index contributed by atoms with van der Waals surface area (Å²) in [5.74, 6) is -2.83. The van der Waals surface area contributed by atoms with Gasteiger partial charge in [-0.05, 0) is 31.2 Å². The van der Waals surface area contributed by atoms with Gasteiger partial charge in [0, 0.05) is 5.92 Å². The molecule has 1 aromatic carbocycles. The number of allylic oxidation sites excluding steroid dienone is 2. The van der Waals surface area contributed by atoms with Gasteiger partial charge in [-0.25, -0.2) is 0 Å². The van der Waals surface area contributed by atoms with E-state index in [4.69, 9.17) is 0 Å². The van der Waals surface area contributed by atoms with Crippen molar-refractivity contribution in [1.29, 1.82) is 0 Å². The number of aliphatic carboxylic acids is 2. The maximum Gasteiger partial charge on any atom is 0.311 e. The van der Waals surface area contributed by atoms with E-state index < -0.39 is 34.8 Å². The van der Waals surface area contributed by atoms with Crippen molar-refractivity contribution in [1.82, 2.24) is 0 Å². The summed E-state index contributed by atoms with van der Waals surface area (Å²) >= 11 is 0. The number of aliphatic hydroxyl groups excluding tert-OH is 1. The van der Waals surface area contributed by atoms with E-state index in [9.17, 15) is 24.9 Å². The summed E-state index contributed by atoms with van der Waals surface area (Å²) < 4.78 is 0. The molecule has 1 unspecified atom stereocenters. The Morgan fingerprint density at radius 2 is 1.78 bits per heavy atom. The highest BCUT2D eigenvalue weighted by Crippen LogP contribution is 2.62. The van der Waals surface area contributed by atoms with Gasteiger partial charge in [-0.3, -0.25) is 9.59 Å². The molecule has 0 saturated heterocycles. The summed E-state index contributed by atoms with van der Waals surface area (Å²) in [4.78, 5) is 24.4. The van der Waals surface area contributed by atoms with Crippen LogP contribution in [-0.2, 0) is 16.0 Å². The molecule has 23 heavy (non-hydrogen) atoms. The Labute approximate surface area is 134 Å². The lowest BCUT2D eigenvalue weighted by molar-refractivity contribution is -0.175. The highest BCUT2D eigenvalue weighted by atomic mass is 16.4. The SMILES string of the molecule is O=C(O)[C@]1(Cc2ccccc2)C[C@H](O)C2CC=CC[C@]21C(=O)O. The highest BCUT2D eigenvalue weighted by molar-refractivity contribution is 5.89. The van der Waals surface area contributed by atoms with Gasteiger partial charge in [0.15, 0.2) is 0 Å². The molecule has 4 atom stereocenters. The molecule has 1 saturated carbocycles. The third-order valence-corrected chi connectivity index (χ3v) is 5.65. The maximum atomic E-state index is 12.2. The second kappa shape index (κ2) is 5.49. The molecule has 122 valence electrons. The third kappa shape index (κ3) is 2.10. The molecule has 0 spiro atoms. The van der Waals surface area contributed by atoms with E-state index in [0.717, 1.165) is 5.56 Å². The van der Waals surface area contributed by atoms with E-state index in [2.05, 4.69) is 0 Å². The summed E-state index contributed by atoms with van der Waals surface area (Å²) in [6.07, 6.45) is 3.28. The number of carboxylic acids is 2. The van der Waals surface area contributed by atoms with Crippen LogP contribution < -0.4 is 0 Å². The Morgan fingerprint density at radius 1 is 1.09 bits per heavy atom. The quantitative estimate of drug-likeness (QED) is 0.740. The van der Waals surface area contributed by atoms with E-state index in [1.807, 2.05) is 24.3 Å². The first-order valence-corrected chi connectivity index (χ1v) is 7.78. The lowest BCUT2D eigenvalue weighted by Crippen LogP contribution is -2.53. The van der Waals surface area contributed by atoms with Crippen LogP contribution in [0.3, 0.4) is 0 Å². The van der Waals surface area contributed by atoms with Gasteiger partial charge in [0.2, 0.25) is 0 Å². The Bertz CT molecular complexity index is 653. The minimum Gasteiger partial charge on any atom is -0.481 e. The fourth-order valence-corrected chi connectivity index (χ4v) is 4.56. The highest BCUT2D eigenvalue weighted by Gasteiger charge is 2.70. The summed E-state index contributed by atoms with van der Waals surface area (Å²) in [6, 6.07) is 9.06. The van der Waals surface area contributed by atoms with Crippen molar-refractivity contribution in [2.45, 2.75) is 31.8 Å². The number of benzene rings is 1. The second-order valence-corrected chi connectivity index (χ2v) is 6.62. The zero-order valence-electron chi connectivity index (χ0n) is 12.7. The van der Waals surface area contributed by atoms with Crippen molar-refractivity contribution in [3.05, 3.63) is 48.0 Å². The molecule has 5 nitrogen and oxygen atoms in total. The topological polar surface area (TPSA) is 94.8 Å². The first-order valence-electron chi connectivity index (χ1n) is 7.78. The first-order chi connectivity index (χ1) is 10.9. The van der Waals surface area contributed by atoms with Crippen LogP contribution in [0.25, 0.3) is 0 Å². The summed E-state index contributed by atoms with van der Waals surface area (Å²) in [5.41, 5.74) is -2.20.